The molecule has 3 nitrogen and oxygen atoms in total. The monoisotopic (exact) mass is 156 g/mol. The van der Waals surface area contributed by atoms with Crippen molar-refractivity contribution in [1.29, 1.82) is 0 Å². The van der Waals surface area contributed by atoms with Gasteiger partial charge in [-0.25, -0.2) is 0 Å². The van der Waals surface area contributed by atoms with Crippen molar-refractivity contribution < 1.29 is 5.11 Å². The second-order valence-electron chi connectivity index (χ2n) is 3.76. The number of hydrogen-bond donors (Lipinski definition) is 2. The van der Waals surface area contributed by atoms with Crippen LogP contribution in [0, 0.1) is 0 Å². The average Bonchev–Trinajstić information content (AvgIpc) is 2.32. The van der Waals surface area contributed by atoms with Crippen molar-refractivity contribution in [1.82, 2.24) is 4.90 Å². The van der Waals surface area contributed by atoms with E-state index < -0.39 is 0 Å². The fraction of sp³-hybridized carbons (Fsp3) is 1.00. The summed E-state index contributed by atoms with van der Waals surface area (Å²) < 4.78 is 0. The Kier molecular flexibility index (Phi) is 1.87. The van der Waals surface area contributed by atoms with Crippen LogP contribution in [0.4, 0.5) is 0 Å². The average molecular weight is 156 g/mol. The van der Waals surface area contributed by atoms with Crippen molar-refractivity contribution in [3.8, 4) is 0 Å². The molecule has 2 aliphatic heterocycles. The predicted molar refractivity (Wildman–Crippen MR) is 43.2 cm³/mol. The number of aliphatic hydroxyl groups excluding tert-OH is 1. The lowest BCUT2D eigenvalue weighted by molar-refractivity contribution is 0.0849. The smallest absolute Gasteiger partial charge is 0.0707 e. The van der Waals surface area contributed by atoms with E-state index in [0.717, 1.165) is 32.4 Å². The molecule has 0 saturated carbocycles. The highest BCUT2D eigenvalue weighted by atomic mass is 16.3. The van der Waals surface area contributed by atoms with Gasteiger partial charge in [-0.2, -0.15) is 0 Å². The first-order chi connectivity index (χ1) is 5.27. The zero-order valence-electron chi connectivity index (χ0n) is 6.74. The van der Waals surface area contributed by atoms with Gasteiger partial charge in [-0.1, -0.05) is 0 Å². The van der Waals surface area contributed by atoms with Crippen LogP contribution in [0.15, 0.2) is 0 Å². The number of aliphatic hydroxyl groups is 1. The fourth-order valence-electron chi connectivity index (χ4n) is 2.28. The quantitative estimate of drug-likeness (QED) is 0.499. The molecular weight excluding hydrogens is 140 g/mol. The summed E-state index contributed by atoms with van der Waals surface area (Å²) in [7, 11) is 0. The highest BCUT2D eigenvalue weighted by Gasteiger charge is 2.36. The molecule has 0 bridgehead atoms. The first kappa shape index (κ1) is 7.53. The Morgan fingerprint density at radius 2 is 2.09 bits per heavy atom. The zero-order valence-corrected chi connectivity index (χ0v) is 6.74. The molecule has 3 atom stereocenters. The summed E-state index contributed by atoms with van der Waals surface area (Å²) >= 11 is 0. The molecule has 2 saturated heterocycles. The summed E-state index contributed by atoms with van der Waals surface area (Å²) in [5.74, 6) is 0. The van der Waals surface area contributed by atoms with Crippen LogP contribution in [-0.4, -0.2) is 41.3 Å². The van der Waals surface area contributed by atoms with E-state index in [9.17, 15) is 5.11 Å². The van der Waals surface area contributed by atoms with Gasteiger partial charge in [-0.3, -0.25) is 4.90 Å². The van der Waals surface area contributed by atoms with Crippen LogP contribution in [0.25, 0.3) is 0 Å². The molecule has 0 aromatic heterocycles. The third-order valence-corrected chi connectivity index (χ3v) is 2.93. The molecule has 0 radical (unpaired) electrons. The molecule has 2 fully saturated rings. The van der Waals surface area contributed by atoms with Gasteiger partial charge in [-0.15, -0.1) is 0 Å². The third-order valence-electron chi connectivity index (χ3n) is 2.93. The van der Waals surface area contributed by atoms with Crippen molar-refractivity contribution >= 4 is 0 Å². The van der Waals surface area contributed by atoms with E-state index in [4.69, 9.17) is 5.73 Å². The van der Waals surface area contributed by atoms with Crippen LogP contribution in [0.3, 0.4) is 0 Å². The normalized spacial score (nSPS) is 45.8. The van der Waals surface area contributed by atoms with Crippen LogP contribution < -0.4 is 5.73 Å². The van der Waals surface area contributed by atoms with Gasteiger partial charge < -0.3 is 10.8 Å². The predicted octanol–water partition coefficient (Wildman–Crippen LogP) is -0.457. The third kappa shape index (κ3) is 1.28. The Hall–Kier alpha value is -0.120. The molecule has 11 heavy (non-hydrogen) atoms. The lowest BCUT2D eigenvalue weighted by atomic mass is 9.98. The Morgan fingerprint density at radius 3 is 2.91 bits per heavy atom. The lowest BCUT2D eigenvalue weighted by Crippen LogP contribution is -2.47. The number of piperidine rings is 1. The molecule has 0 spiro atoms. The van der Waals surface area contributed by atoms with E-state index in [2.05, 4.69) is 4.90 Å². The van der Waals surface area contributed by atoms with Gasteiger partial charge in [0, 0.05) is 25.2 Å². The number of fused-ring (bicyclic) bond motifs is 1. The minimum absolute atomic E-state index is 0.0810. The Bertz CT molecular complexity index is 151. The van der Waals surface area contributed by atoms with E-state index in [-0.39, 0.29) is 6.10 Å². The van der Waals surface area contributed by atoms with E-state index in [0.29, 0.717) is 12.1 Å². The molecule has 0 aromatic rings. The Labute approximate surface area is 67.2 Å². The van der Waals surface area contributed by atoms with E-state index in [1.807, 2.05) is 0 Å². The molecular formula is C8H16N2O. The van der Waals surface area contributed by atoms with Gasteiger partial charge in [0.2, 0.25) is 0 Å². The highest BCUT2D eigenvalue weighted by Crippen LogP contribution is 2.26. The second kappa shape index (κ2) is 2.73. The minimum atomic E-state index is -0.0810. The SMILES string of the molecule is N[C@H]1CC[C@H]2[C@@H](O)CCN2C1. The van der Waals surface area contributed by atoms with Crippen molar-refractivity contribution in [3.05, 3.63) is 0 Å². The molecule has 64 valence electrons. The van der Waals surface area contributed by atoms with E-state index in [1.54, 1.807) is 0 Å². The van der Waals surface area contributed by atoms with Gasteiger partial charge in [0.15, 0.2) is 0 Å². The number of nitrogens with two attached hydrogens (primary N) is 1. The maximum Gasteiger partial charge on any atom is 0.0707 e. The molecule has 0 amide bonds. The number of rotatable bonds is 0. The van der Waals surface area contributed by atoms with Crippen molar-refractivity contribution in [2.75, 3.05) is 13.1 Å². The van der Waals surface area contributed by atoms with Crippen LogP contribution in [0.2, 0.25) is 0 Å². The summed E-state index contributed by atoms with van der Waals surface area (Å²) in [5, 5.41) is 9.53. The van der Waals surface area contributed by atoms with Gasteiger partial charge in [-0.05, 0) is 19.3 Å². The lowest BCUT2D eigenvalue weighted by Gasteiger charge is -2.34. The largest absolute Gasteiger partial charge is 0.391 e. The topological polar surface area (TPSA) is 49.5 Å². The van der Waals surface area contributed by atoms with Crippen LogP contribution in [0.1, 0.15) is 19.3 Å². The Balaban J connectivity index is 2.00. The van der Waals surface area contributed by atoms with Crippen molar-refractivity contribution in [3.63, 3.8) is 0 Å². The second-order valence-corrected chi connectivity index (χ2v) is 3.76. The van der Waals surface area contributed by atoms with Crippen LogP contribution in [0.5, 0.6) is 0 Å². The minimum Gasteiger partial charge on any atom is -0.391 e. The molecule has 2 heterocycles. The van der Waals surface area contributed by atoms with E-state index in [1.165, 1.54) is 0 Å². The zero-order chi connectivity index (χ0) is 7.84. The summed E-state index contributed by atoms with van der Waals surface area (Å²) in [6.07, 6.45) is 3.03. The van der Waals surface area contributed by atoms with Crippen LogP contribution in [-0.2, 0) is 0 Å². The molecule has 3 heteroatoms. The summed E-state index contributed by atoms with van der Waals surface area (Å²) in [6, 6.07) is 0.770. The first-order valence-electron chi connectivity index (χ1n) is 4.45. The molecule has 3 N–H and O–H groups in total. The first-order valence-corrected chi connectivity index (χ1v) is 4.45. The fourth-order valence-corrected chi connectivity index (χ4v) is 2.28. The maximum atomic E-state index is 9.53. The van der Waals surface area contributed by atoms with Gasteiger partial charge in [0.05, 0.1) is 6.10 Å². The Morgan fingerprint density at radius 1 is 1.27 bits per heavy atom. The highest BCUT2D eigenvalue weighted by molar-refractivity contribution is 4.92. The van der Waals surface area contributed by atoms with Gasteiger partial charge in [0.25, 0.3) is 0 Å². The molecule has 0 aliphatic carbocycles. The standard InChI is InChI=1S/C8H16N2O/c9-6-1-2-7-8(11)3-4-10(7)5-6/h6-8,11H,1-5,9H2/t6-,7-,8-/m0/s1. The molecule has 2 rings (SSSR count). The number of hydrogen-bond acceptors (Lipinski definition) is 3. The van der Waals surface area contributed by atoms with E-state index >= 15 is 0 Å². The maximum absolute atomic E-state index is 9.53. The van der Waals surface area contributed by atoms with Gasteiger partial charge in [0.1, 0.15) is 0 Å². The van der Waals surface area contributed by atoms with Crippen molar-refractivity contribution in [2.24, 2.45) is 5.73 Å². The molecule has 0 aromatic carbocycles. The van der Waals surface area contributed by atoms with Crippen molar-refractivity contribution in [2.45, 2.75) is 37.5 Å². The number of nitrogens with zero attached hydrogens (tertiary/aromatic N) is 1. The molecule has 0 unspecified atom stereocenters. The summed E-state index contributed by atoms with van der Waals surface area (Å²) in [4.78, 5) is 2.33. The summed E-state index contributed by atoms with van der Waals surface area (Å²) in [6.45, 7) is 2.03. The summed E-state index contributed by atoms with van der Waals surface area (Å²) in [5.41, 5.74) is 5.81. The molecule has 2 aliphatic rings. The van der Waals surface area contributed by atoms with Crippen LogP contribution >= 0.6 is 0 Å². The van der Waals surface area contributed by atoms with Gasteiger partial charge >= 0.3 is 0 Å².